The van der Waals surface area contributed by atoms with Gasteiger partial charge in [-0.1, -0.05) is 0 Å². The van der Waals surface area contributed by atoms with Crippen LogP contribution in [0.5, 0.6) is 0 Å². The van der Waals surface area contributed by atoms with Gasteiger partial charge >= 0.3 is 0 Å². The lowest BCUT2D eigenvalue weighted by Crippen LogP contribution is -2.59. The van der Waals surface area contributed by atoms with E-state index < -0.39 is 6.04 Å². The van der Waals surface area contributed by atoms with Crippen LogP contribution in [-0.4, -0.2) is 54.4 Å². The monoisotopic (exact) mass is 276 g/mol. The molecular formula is C14H20N4O2. The molecule has 1 aliphatic heterocycles. The Morgan fingerprint density at radius 2 is 2.20 bits per heavy atom. The Bertz CT molecular complexity index is 464. The predicted molar refractivity (Wildman–Crippen MR) is 75.0 cm³/mol. The van der Waals surface area contributed by atoms with E-state index in [9.17, 15) is 9.59 Å². The quantitative estimate of drug-likeness (QED) is 0.782. The summed E-state index contributed by atoms with van der Waals surface area (Å²) in [5, 5.41) is 5.76. The number of aromatic nitrogens is 1. The fourth-order valence-corrected chi connectivity index (χ4v) is 2.35. The minimum atomic E-state index is -0.404. The minimum Gasteiger partial charge on any atom is -0.357 e. The standard InChI is InChI=1S/C14H20N4O2/c1-15-14(20)12-10-17-8-9-18(12)13(19)3-2-11-4-6-16-7-5-11/h4-7,12,17H,2-3,8-10H2,1H3,(H,15,20). The van der Waals surface area contributed by atoms with E-state index in [0.29, 0.717) is 25.9 Å². The topological polar surface area (TPSA) is 74.3 Å². The number of aryl methyl sites for hydroxylation is 1. The molecule has 1 saturated heterocycles. The molecule has 0 spiro atoms. The first-order valence-corrected chi connectivity index (χ1v) is 6.83. The van der Waals surface area contributed by atoms with E-state index in [0.717, 1.165) is 12.1 Å². The number of hydrogen-bond donors (Lipinski definition) is 2. The molecular weight excluding hydrogens is 256 g/mol. The zero-order valence-electron chi connectivity index (χ0n) is 11.6. The second kappa shape index (κ2) is 7.00. The maximum absolute atomic E-state index is 12.3. The molecule has 20 heavy (non-hydrogen) atoms. The highest BCUT2D eigenvalue weighted by atomic mass is 16.2. The van der Waals surface area contributed by atoms with Gasteiger partial charge in [0.2, 0.25) is 11.8 Å². The molecule has 1 aromatic rings. The third-order valence-electron chi connectivity index (χ3n) is 3.49. The summed E-state index contributed by atoms with van der Waals surface area (Å²) < 4.78 is 0. The van der Waals surface area contributed by atoms with Crippen molar-refractivity contribution < 1.29 is 9.59 Å². The van der Waals surface area contributed by atoms with E-state index in [2.05, 4.69) is 15.6 Å². The number of rotatable bonds is 4. The summed E-state index contributed by atoms with van der Waals surface area (Å²) in [6, 6.07) is 3.40. The Hall–Kier alpha value is -1.95. The molecule has 0 bridgehead atoms. The zero-order chi connectivity index (χ0) is 14.4. The summed E-state index contributed by atoms with van der Waals surface area (Å²) in [6.45, 7) is 1.82. The molecule has 0 aliphatic carbocycles. The molecule has 0 aromatic carbocycles. The SMILES string of the molecule is CNC(=O)C1CNCCN1C(=O)CCc1ccncc1. The number of pyridine rings is 1. The van der Waals surface area contributed by atoms with Crippen molar-refractivity contribution in [3.63, 3.8) is 0 Å². The largest absolute Gasteiger partial charge is 0.357 e. The summed E-state index contributed by atoms with van der Waals surface area (Å²) in [5.41, 5.74) is 1.08. The van der Waals surface area contributed by atoms with Crippen LogP contribution in [0.1, 0.15) is 12.0 Å². The van der Waals surface area contributed by atoms with Gasteiger partial charge in [-0.05, 0) is 24.1 Å². The number of nitrogens with one attached hydrogen (secondary N) is 2. The van der Waals surface area contributed by atoms with Crippen molar-refractivity contribution in [2.75, 3.05) is 26.7 Å². The third-order valence-corrected chi connectivity index (χ3v) is 3.49. The molecule has 2 N–H and O–H groups in total. The van der Waals surface area contributed by atoms with E-state index in [-0.39, 0.29) is 11.8 Å². The van der Waals surface area contributed by atoms with Crippen molar-refractivity contribution in [1.82, 2.24) is 20.5 Å². The number of amides is 2. The molecule has 2 amide bonds. The number of piperazine rings is 1. The molecule has 108 valence electrons. The fourth-order valence-electron chi connectivity index (χ4n) is 2.35. The summed E-state index contributed by atoms with van der Waals surface area (Å²) in [7, 11) is 1.59. The van der Waals surface area contributed by atoms with Crippen LogP contribution in [0.15, 0.2) is 24.5 Å². The maximum atomic E-state index is 12.3. The average molecular weight is 276 g/mol. The second-order valence-electron chi connectivity index (χ2n) is 4.78. The maximum Gasteiger partial charge on any atom is 0.243 e. The van der Waals surface area contributed by atoms with E-state index in [1.165, 1.54) is 0 Å². The van der Waals surface area contributed by atoms with Crippen molar-refractivity contribution in [3.05, 3.63) is 30.1 Å². The smallest absolute Gasteiger partial charge is 0.243 e. The van der Waals surface area contributed by atoms with Crippen LogP contribution in [0.4, 0.5) is 0 Å². The Morgan fingerprint density at radius 1 is 1.45 bits per heavy atom. The Morgan fingerprint density at radius 3 is 2.90 bits per heavy atom. The molecule has 1 aromatic heterocycles. The van der Waals surface area contributed by atoms with Crippen LogP contribution in [0.25, 0.3) is 0 Å². The van der Waals surface area contributed by atoms with E-state index in [1.807, 2.05) is 12.1 Å². The molecule has 0 radical (unpaired) electrons. The third kappa shape index (κ3) is 3.54. The lowest BCUT2D eigenvalue weighted by atomic mass is 10.1. The van der Waals surface area contributed by atoms with Gasteiger partial charge in [0.1, 0.15) is 6.04 Å². The van der Waals surface area contributed by atoms with Crippen molar-refractivity contribution >= 4 is 11.8 Å². The number of nitrogens with zero attached hydrogens (tertiary/aromatic N) is 2. The van der Waals surface area contributed by atoms with Gasteiger partial charge in [0.25, 0.3) is 0 Å². The molecule has 1 atom stereocenters. The summed E-state index contributed by atoms with van der Waals surface area (Å²) in [4.78, 5) is 29.7. The van der Waals surface area contributed by atoms with Crippen molar-refractivity contribution in [2.24, 2.45) is 0 Å². The molecule has 1 unspecified atom stereocenters. The number of carbonyl (C=O) groups is 2. The minimum absolute atomic E-state index is 0.0249. The van der Waals surface area contributed by atoms with Gasteiger partial charge in [-0.25, -0.2) is 0 Å². The molecule has 2 heterocycles. The van der Waals surface area contributed by atoms with Crippen molar-refractivity contribution in [1.29, 1.82) is 0 Å². The predicted octanol–water partition coefficient (Wildman–Crippen LogP) is -0.439. The van der Waals surface area contributed by atoms with Crippen LogP contribution in [0, 0.1) is 0 Å². The summed E-state index contributed by atoms with van der Waals surface area (Å²) in [5.74, 6) is -0.0913. The van der Waals surface area contributed by atoms with Crippen molar-refractivity contribution in [3.8, 4) is 0 Å². The van der Waals surface area contributed by atoms with Crippen LogP contribution in [-0.2, 0) is 16.0 Å². The lowest BCUT2D eigenvalue weighted by molar-refractivity contribution is -0.141. The fraction of sp³-hybridized carbons (Fsp3) is 0.500. The number of likely N-dealkylation sites (N-methyl/N-ethyl adjacent to an activating group) is 1. The van der Waals surface area contributed by atoms with Gasteiger partial charge in [-0.15, -0.1) is 0 Å². The van der Waals surface area contributed by atoms with Gasteiger partial charge in [0.15, 0.2) is 0 Å². The number of hydrogen-bond acceptors (Lipinski definition) is 4. The van der Waals surface area contributed by atoms with Gasteiger partial charge in [0.05, 0.1) is 0 Å². The van der Waals surface area contributed by atoms with E-state index >= 15 is 0 Å². The Balaban J connectivity index is 1.94. The molecule has 0 saturated carbocycles. The molecule has 2 rings (SSSR count). The lowest BCUT2D eigenvalue weighted by Gasteiger charge is -2.35. The van der Waals surface area contributed by atoms with Gasteiger partial charge < -0.3 is 15.5 Å². The van der Waals surface area contributed by atoms with Crippen LogP contribution in [0.3, 0.4) is 0 Å². The first kappa shape index (κ1) is 14.5. The van der Waals surface area contributed by atoms with Crippen LogP contribution < -0.4 is 10.6 Å². The molecule has 6 nitrogen and oxygen atoms in total. The first-order valence-electron chi connectivity index (χ1n) is 6.83. The van der Waals surface area contributed by atoms with Crippen LogP contribution >= 0.6 is 0 Å². The van der Waals surface area contributed by atoms with Crippen molar-refractivity contribution in [2.45, 2.75) is 18.9 Å². The van der Waals surface area contributed by atoms with E-state index in [1.54, 1.807) is 24.3 Å². The van der Waals surface area contributed by atoms with Crippen LogP contribution in [0.2, 0.25) is 0 Å². The van der Waals surface area contributed by atoms with Gasteiger partial charge in [-0.2, -0.15) is 0 Å². The van der Waals surface area contributed by atoms with Gasteiger partial charge in [-0.3, -0.25) is 14.6 Å². The highest BCUT2D eigenvalue weighted by Crippen LogP contribution is 2.09. The second-order valence-corrected chi connectivity index (χ2v) is 4.78. The highest BCUT2D eigenvalue weighted by molar-refractivity contribution is 5.88. The highest BCUT2D eigenvalue weighted by Gasteiger charge is 2.30. The molecule has 1 fully saturated rings. The Kier molecular flexibility index (Phi) is 5.06. The summed E-state index contributed by atoms with van der Waals surface area (Å²) >= 11 is 0. The summed E-state index contributed by atoms with van der Waals surface area (Å²) in [6.07, 6.45) is 4.53. The van der Waals surface area contributed by atoms with E-state index in [4.69, 9.17) is 0 Å². The normalized spacial score (nSPS) is 18.6. The molecule has 1 aliphatic rings. The molecule has 6 heteroatoms. The number of carbonyl (C=O) groups excluding carboxylic acids is 2. The zero-order valence-corrected chi connectivity index (χ0v) is 11.6. The first-order chi connectivity index (χ1) is 9.72. The Labute approximate surface area is 118 Å². The van der Waals surface area contributed by atoms with Gasteiger partial charge in [0, 0.05) is 45.5 Å². The average Bonchev–Trinajstić information content (AvgIpc) is 2.52.